The number of hydrogen-bond donors (Lipinski definition) is 1. The van der Waals surface area contributed by atoms with E-state index >= 15 is 0 Å². The first-order chi connectivity index (χ1) is 9.24. The Kier molecular flexibility index (Phi) is 4.52. The summed E-state index contributed by atoms with van der Waals surface area (Å²) in [5.74, 6) is 1.13. The quantitative estimate of drug-likeness (QED) is 0.864. The average molecular weight is 262 g/mol. The first-order valence-corrected chi connectivity index (χ1v) is 6.49. The second-order valence-electron chi connectivity index (χ2n) is 4.24. The molecule has 0 saturated heterocycles. The molecule has 0 aliphatic heterocycles. The van der Waals surface area contributed by atoms with Gasteiger partial charge < -0.3 is 14.4 Å². The van der Waals surface area contributed by atoms with Crippen molar-refractivity contribution in [2.45, 2.75) is 32.8 Å². The van der Waals surface area contributed by atoms with Crippen LogP contribution in [-0.2, 0) is 4.74 Å². The molecule has 1 atom stereocenters. The highest BCUT2D eigenvalue weighted by Crippen LogP contribution is 2.25. The van der Waals surface area contributed by atoms with Crippen molar-refractivity contribution in [3.63, 3.8) is 0 Å². The summed E-state index contributed by atoms with van der Waals surface area (Å²) in [6.07, 6.45) is 1.71. The number of hydrogen-bond acceptors (Lipinski definition) is 5. The predicted molar refractivity (Wildman–Crippen MR) is 70.7 cm³/mol. The second kappa shape index (κ2) is 6.33. The maximum absolute atomic E-state index is 9.44. The molecule has 0 aliphatic carbocycles. The Morgan fingerprint density at radius 3 is 2.89 bits per heavy atom. The molecule has 0 saturated carbocycles. The van der Waals surface area contributed by atoms with Gasteiger partial charge in [-0.1, -0.05) is 24.6 Å². The number of nitrogens with zero attached hydrogens (tertiary/aromatic N) is 2. The topological polar surface area (TPSA) is 68.4 Å². The summed E-state index contributed by atoms with van der Waals surface area (Å²) in [5, 5.41) is 13.4. The molecule has 102 valence electrons. The van der Waals surface area contributed by atoms with Crippen molar-refractivity contribution in [2.24, 2.45) is 0 Å². The molecular formula is C14H18N2O3. The molecule has 1 N–H and O–H groups in total. The van der Waals surface area contributed by atoms with Crippen LogP contribution in [0.1, 0.15) is 38.6 Å². The monoisotopic (exact) mass is 262 g/mol. The molecule has 1 heterocycles. The number of aromatic hydroxyl groups is 1. The fourth-order valence-corrected chi connectivity index (χ4v) is 1.87. The number of benzene rings is 1. The van der Waals surface area contributed by atoms with Gasteiger partial charge in [0.15, 0.2) is 0 Å². The lowest BCUT2D eigenvalue weighted by molar-refractivity contribution is 0.0478. The molecule has 2 rings (SSSR count). The van der Waals surface area contributed by atoms with E-state index in [-0.39, 0.29) is 11.9 Å². The van der Waals surface area contributed by atoms with Gasteiger partial charge in [-0.15, -0.1) is 0 Å². The van der Waals surface area contributed by atoms with Gasteiger partial charge in [0.2, 0.25) is 5.82 Å². The van der Waals surface area contributed by atoms with E-state index in [0.717, 1.165) is 12.8 Å². The average Bonchev–Trinajstić information content (AvgIpc) is 2.88. The van der Waals surface area contributed by atoms with Crippen LogP contribution in [0.15, 0.2) is 28.8 Å². The number of ether oxygens (including phenoxy) is 1. The van der Waals surface area contributed by atoms with Gasteiger partial charge in [-0.25, -0.2) is 0 Å². The lowest BCUT2D eigenvalue weighted by Crippen LogP contribution is -2.05. The smallest absolute Gasteiger partial charge is 0.258 e. The summed E-state index contributed by atoms with van der Waals surface area (Å²) in [4.78, 5) is 4.35. The Hall–Kier alpha value is -1.88. The third kappa shape index (κ3) is 3.32. The summed E-state index contributed by atoms with van der Waals surface area (Å²) >= 11 is 0. The minimum atomic E-state index is -0.134. The number of rotatable bonds is 6. The molecule has 0 fully saturated rings. The lowest BCUT2D eigenvalue weighted by Gasteiger charge is -2.11. The van der Waals surface area contributed by atoms with Crippen molar-refractivity contribution in [1.29, 1.82) is 0 Å². The molecule has 19 heavy (non-hydrogen) atoms. The Bertz CT molecular complexity index is 519. The Morgan fingerprint density at radius 1 is 1.37 bits per heavy atom. The van der Waals surface area contributed by atoms with E-state index < -0.39 is 0 Å². The molecule has 5 heteroatoms. The van der Waals surface area contributed by atoms with Gasteiger partial charge in [0.25, 0.3) is 5.89 Å². The second-order valence-corrected chi connectivity index (χ2v) is 4.24. The van der Waals surface area contributed by atoms with Crippen LogP contribution in [0.2, 0.25) is 0 Å². The van der Waals surface area contributed by atoms with Gasteiger partial charge in [-0.2, -0.15) is 4.98 Å². The van der Waals surface area contributed by atoms with Crippen molar-refractivity contribution >= 4 is 0 Å². The first kappa shape index (κ1) is 13.5. The molecule has 0 aliphatic rings. The highest BCUT2D eigenvalue weighted by atomic mass is 16.5. The molecule has 1 aromatic carbocycles. The Labute approximate surface area is 112 Å². The molecule has 0 bridgehead atoms. The summed E-state index contributed by atoms with van der Waals surface area (Å²) < 4.78 is 10.8. The van der Waals surface area contributed by atoms with Crippen LogP contribution in [0.3, 0.4) is 0 Å². The van der Waals surface area contributed by atoms with E-state index in [1.54, 1.807) is 18.2 Å². The first-order valence-electron chi connectivity index (χ1n) is 6.49. The van der Waals surface area contributed by atoms with Crippen LogP contribution < -0.4 is 0 Å². The molecule has 1 unspecified atom stereocenters. The molecule has 2 aromatic rings. The molecule has 5 nitrogen and oxygen atoms in total. The van der Waals surface area contributed by atoms with Gasteiger partial charge in [-0.05, 0) is 31.5 Å². The maximum atomic E-state index is 9.44. The normalized spacial score (nSPS) is 12.5. The van der Waals surface area contributed by atoms with E-state index in [0.29, 0.717) is 23.9 Å². The zero-order valence-electron chi connectivity index (χ0n) is 11.2. The zero-order valence-corrected chi connectivity index (χ0v) is 11.2. The van der Waals surface area contributed by atoms with E-state index in [1.165, 1.54) is 0 Å². The molecule has 1 aromatic heterocycles. The van der Waals surface area contributed by atoms with Crippen LogP contribution in [0.25, 0.3) is 11.5 Å². The summed E-state index contributed by atoms with van der Waals surface area (Å²) in [7, 11) is 0. The Morgan fingerprint density at radius 2 is 2.21 bits per heavy atom. The van der Waals surface area contributed by atoms with Crippen molar-refractivity contribution in [3.05, 3.63) is 30.1 Å². The SMILES string of the molecule is CCCC(OCC)c1noc(-c2cccc(O)c2)n1. The number of phenolic OH excluding ortho intramolecular Hbond substituents is 1. The van der Waals surface area contributed by atoms with Crippen LogP contribution in [-0.4, -0.2) is 21.9 Å². The van der Waals surface area contributed by atoms with Crippen LogP contribution >= 0.6 is 0 Å². The largest absolute Gasteiger partial charge is 0.508 e. The zero-order chi connectivity index (χ0) is 13.7. The number of phenols is 1. The summed E-state index contributed by atoms with van der Waals surface area (Å²) in [6.45, 7) is 4.64. The minimum Gasteiger partial charge on any atom is -0.508 e. The molecular weight excluding hydrogens is 244 g/mol. The van der Waals surface area contributed by atoms with Gasteiger partial charge in [0.1, 0.15) is 11.9 Å². The third-order valence-electron chi connectivity index (χ3n) is 2.74. The maximum Gasteiger partial charge on any atom is 0.258 e. The van der Waals surface area contributed by atoms with Gasteiger partial charge in [0.05, 0.1) is 0 Å². The van der Waals surface area contributed by atoms with Crippen molar-refractivity contribution in [1.82, 2.24) is 10.1 Å². The fourth-order valence-electron chi connectivity index (χ4n) is 1.87. The van der Waals surface area contributed by atoms with Gasteiger partial charge in [0, 0.05) is 12.2 Å². The van der Waals surface area contributed by atoms with Crippen molar-refractivity contribution in [2.75, 3.05) is 6.61 Å². The van der Waals surface area contributed by atoms with E-state index in [9.17, 15) is 5.11 Å². The van der Waals surface area contributed by atoms with Crippen molar-refractivity contribution in [3.8, 4) is 17.2 Å². The third-order valence-corrected chi connectivity index (χ3v) is 2.74. The predicted octanol–water partition coefficient (Wildman–Crippen LogP) is 3.32. The Balaban J connectivity index is 2.22. The molecule has 0 amide bonds. The fraction of sp³-hybridized carbons (Fsp3) is 0.429. The highest BCUT2D eigenvalue weighted by Gasteiger charge is 2.18. The lowest BCUT2D eigenvalue weighted by atomic mass is 10.2. The molecule has 0 spiro atoms. The van der Waals surface area contributed by atoms with Gasteiger partial charge in [-0.3, -0.25) is 0 Å². The summed E-state index contributed by atoms with van der Waals surface area (Å²) in [5.41, 5.74) is 0.700. The van der Waals surface area contributed by atoms with E-state index in [2.05, 4.69) is 17.1 Å². The minimum absolute atomic E-state index is 0.134. The number of aromatic nitrogens is 2. The van der Waals surface area contributed by atoms with Crippen LogP contribution in [0.4, 0.5) is 0 Å². The van der Waals surface area contributed by atoms with Crippen LogP contribution in [0.5, 0.6) is 5.75 Å². The highest BCUT2D eigenvalue weighted by molar-refractivity contribution is 5.55. The van der Waals surface area contributed by atoms with Crippen molar-refractivity contribution < 1.29 is 14.4 Å². The summed E-state index contributed by atoms with van der Waals surface area (Å²) in [6, 6.07) is 6.74. The van der Waals surface area contributed by atoms with E-state index in [1.807, 2.05) is 13.0 Å². The molecule has 0 radical (unpaired) electrons. The van der Waals surface area contributed by atoms with Gasteiger partial charge >= 0.3 is 0 Å². The standard InChI is InChI=1S/C14H18N2O3/c1-3-6-12(18-4-2)13-15-14(19-16-13)10-7-5-8-11(17)9-10/h5,7-9,12,17H,3-4,6H2,1-2H3. The van der Waals surface area contributed by atoms with E-state index in [4.69, 9.17) is 9.26 Å². The van der Waals surface area contributed by atoms with Crippen LogP contribution in [0, 0.1) is 0 Å².